The summed E-state index contributed by atoms with van der Waals surface area (Å²) >= 11 is 6.25. The van der Waals surface area contributed by atoms with E-state index in [4.69, 9.17) is 26.6 Å². The molecule has 5 heteroatoms. The number of ether oxygens (including phenoxy) is 1. The molecule has 0 atom stereocenters. The predicted molar refractivity (Wildman–Crippen MR) is 82.1 cm³/mol. The molecule has 0 amide bonds. The minimum absolute atomic E-state index is 0.268. The van der Waals surface area contributed by atoms with Gasteiger partial charge in [-0.1, -0.05) is 53.2 Å². The van der Waals surface area contributed by atoms with E-state index in [0.29, 0.717) is 22.9 Å². The average molecular weight is 301 g/mol. The molecule has 0 saturated heterocycles. The highest BCUT2D eigenvalue weighted by molar-refractivity contribution is 6.32. The first kappa shape index (κ1) is 13.5. The lowest BCUT2D eigenvalue weighted by molar-refractivity contribution is 0.306. The van der Waals surface area contributed by atoms with Gasteiger partial charge >= 0.3 is 0 Å². The van der Waals surface area contributed by atoms with Crippen LogP contribution in [0.1, 0.15) is 5.56 Å². The first-order valence-electron chi connectivity index (χ1n) is 6.41. The standard InChI is InChI=1S/C16H13ClN2O2/c17-14-8-12(13-9-19-21-16(13)18)6-7-15(14)20-10-11-4-2-1-3-5-11/h1-9H,10,18H2. The lowest BCUT2D eigenvalue weighted by Gasteiger charge is -2.09. The van der Waals surface area contributed by atoms with Crippen molar-refractivity contribution in [3.63, 3.8) is 0 Å². The highest BCUT2D eigenvalue weighted by atomic mass is 35.5. The van der Waals surface area contributed by atoms with Crippen LogP contribution in [0, 0.1) is 0 Å². The summed E-state index contributed by atoms with van der Waals surface area (Å²) in [6.07, 6.45) is 1.56. The van der Waals surface area contributed by atoms with Crippen molar-refractivity contribution in [2.24, 2.45) is 0 Å². The van der Waals surface area contributed by atoms with Crippen LogP contribution in [-0.4, -0.2) is 5.16 Å². The molecule has 0 bridgehead atoms. The molecule has 0 saturated carbocycles. The molecule has 0 radical (unpaired) electrons. The van der Waals surface area contributed by atoms with E-state index in [-0.39, 0.29) is 5.88 Å². The predicted octanol–water partition coefficient (Wildman–Crippen LogP) is 4.16. The van der Waals surface area contributed by atoms with Crippen LogP contribution >= 0.6 is 11.6 Å². The topological polar surface area (TPSA) is 61.3 Å². The van der Waals surface area contributed by atoms with Gasteiger partial charge in [0.2, 0.25) is 5.88 Å². The molecule has 0 fully saturated rings. The number of halogens is 1. The number of rotatable bonds is 4. The summed E-state index contributed by atoms with van der Waals surface area (Å²) in [5.74, 6) is 0.892. The molecule has 2 N–H and O–H groups in total. The zero-order valence-corrected chi connectivity index (χ0v) is 11.9. The van der Waals surface area contributed by atoms with Gasteiger partial charge in [-0.25, -0.2) is 0 Å². The van der Waals surface area contributed by atoms with Crippen molar-refractivity contribution < 1.29 is 9.26 Å². The van der Waals surface area contributed by atoms with E-state index in [1.54, 1.807) is 12.3 Å². The monoisotopic (exact) mass is 300 g/mol. The van der Waals surface area contributed by atoms with Crippen LogP contribution in [0.25, 0.3) is 11.1 Å². The molecule has 1 heterocycles. The highest BCUT2D eigenvalue weighted by Gasteiger charge is 2.10. The van der Waals surface area contributed by atoms with E-state index < -0.39 is 0 Å². The van der Waals surface area contributed by atoms with Crippen molar-refractivity contribution in [3.05, 3.63) is 65.3 Å². The summed E-state index contributed by atoms with van der Waals surface area (Å²) < 4.78 is 10.6. The fraction of sp³-hybridized carbons (Fsp3) is 0.0625. The minimum Gasteiger partial charge on any atom is -0.487 e. The van der Waals surface area contributed by atoms with E-state index >= 15 is 0 Å². The maximum absolute atomic E-state index is 6.25. The number of benzene rings is 2. The fourth-order valence-corrected chi connectivity index (χ4v) is 2.22. The molecule has 1 aromatic heterocycles. The second kappa shape index (κ2) is 5.89. The molecule has 0 aliphatic heterocycles. The number of nitrogens with zero attached hydrogens (tertiary/aromatic N) is 1. The Kier molecular flexibility index (Phi) is 3.79. The maximum Gasteiger partial charge on any atom is 0.229 e. The number of aromatic nitrogens is 1. The molecule has 0 spiro atoms. The Hall–Kier alpha value is -2.46. The molecule has 0 unspecified atom stereocenters. The Morgan fingerprint density at radius 1 is 1.14 bits per heavy atom. The van der Waals surface area contributed by atoms with Gasteiger partial charge in [-0.2, -0.15) is 0 Å². The van der Waals surface area contributed by atoms with Gasteiger partial charge in [-0.3, -0.25) is 0 Å². The summed E-state index contributed by atoms with van der Waals surface area (Å²) in [4.78, 5) is 0. The van der Waals surface area contributed by atoms with Gasteiger partial charge in [0.05, 0.1) is 16.8 Å². The molecule has 0 aliphatic rings. The van der Waals surface area contributed by atoms with Gasteiger partial charge in [0.1, 0.15) is 12.4 Å². The number of hydrogen-bond donors (Lipinski definition) is 1. The Balaban J connectivity index is 1.77. The van der Waals surface area contributed by atoms with Crippen LogP contribution in [-0.2, 0) is 6.61 Å². The van der Waals surface area contributed by atoms with Crippen molar-refractivity contribution in [3.8, 4) is 16.9 Å². The van der Waals surface area contributed by atoms with Crippen molar-refractivity contribution in [2.75, 3.05) is 5.73 Å². The summed E-state index contributed by atoms with van der Waals surface area (Å²) in [6.45, 7) is 0.468. The van der Waals surface area contributed by atoms with Gasteiger partial charge in [0.25, 0.3) is 0 Å². The SMILES string of the molecule is Nc1oncc1-c1ccc(OCc2ccccc2)c(Cl)c1. The van der Waals surface area contributed by atoms with Crippen LogP contribution < -0.4 is 10.5 Å². The molecule has 3 rings (SSSR count). The Bertz CT molecular complexity index is 741. The molecular formula is C16H13ClN2O2. The highest BCUT2D eigenvalue weighted by Crippen LogP contribution is 2.33. The van der Waals surface area contributed by atoms with Crippen molar-refractivity contribution >= 4 is 17.5 Å². The first-order chi connectivity index (χ1) is 10.2. The van der Waals surface area contributed by atoms with Gasteiger partial charge in [0.15, 0.2) is 0 Å². The number of hydrogen-bond acceptors (Lipinski definition) is 4. The quantitative estimate of drug-likeness (QED) is 0.786. The third-order valence-corrected chi connectivity index (χ3v) is 3.37. The molecule has 4 nitrogen and oxygen atoms in total. The molecular weight excluding hydrogens is 288 g/mol. The summed E-state index contributed by atoms with van der Waals surface area (Å²) in [7, 11) is 0. The van der Waals surface area contributed by atoms with Gasteiger partial charge < -0.3 is 15.0 Å². The van der Waals surface area contributed by atoms with E-state index in [1.165, 1.54) is 0 Å². The Labute approximate surface area is 127 Å². The molecule has 21 heavy (non-hydrogen) atoms. The molecule has 106 valence electrons. The Morgan fingerprint density at radius 3 is 2.62 bits per heavy atom. The Morgan fingerprint density at radius 2 is 1.95 bits per heavy atom. The minimum atomic E-state index is 0.268. The lowest BCUT2D eigenvalue weighted by atomic mass is 10.1. The van der Waals surface area contributed by atoms with Gasteiger partial charge in [0, 0.05) is 0 Å². The zero-order valence-electron chi connectivity index (χ0n) is 11.1. The second-order valence-corrected chi connectivity index (χ2v) is 4.93. The van der Waals surface area contributed by atoms with E-state index in [9.17, 15) is 0 Å². The van der Waals surface area contributed by atoms with Crippen LogP contribution in [0.5, 0.6) is 5.75 Å². The van der Waals surface area contributed by atoms with Crippen LogP contribution in [0.3, 0.4) is 0 Å². The van der Waals surface area contributed by atoms with Crippen LogP contribution in [0.2, 0.25) is 5.02 Å². The van der Waals surface area contributed by atoms with Crippen molar-refractivity contribution in [2.45, 2.75) is 6.61 Å². The van der Waals surface area contributed by atoms with Crippen molar-refractivity contribution in [1.29, 1.82) is 0 Å². The van der Waals surface area contributed by atoms with Crippen LogP contribution in [0.15, 0.2) is 59.3 Å². The molecule has 2 aromatic carbocycles. The molecule has 3 aromatic rings. The third kappa shape index (κ3) is 3.01. The van der Waals surface area contributed by atoms with Crippen molar-refractivity contribution in [1.82, 2.24) is 5.16 Å². The first-order valence-corrected chi connectivity index (χ1v) is 6.78. The number of anilines is 1. The zero-order chi connectivity index (χ0) is 14.7. The maximum atomic E-state index is 6.25. The molecule has 0 aliphatic carbocycles. The fourth-order valence-electron chi connectivity index (χ4n) is 1.99. The van der Waals surface area contributed by atoms with Gasteiger partial charge in [-0.05, 0) is 23.3 Å². The summed E-state index contributed by atoms with van der Waals surface area (Å²) in [6, 6.07) is 15.4. The number of nitrogen functional groups attached to an aromatic ring is 1. The smallest absolute Gasteiger partial charge is 0.229 e. The second-order valence-electron chi connectivity index (χ2n) is 4.52. The third-order valence-electron chi connectivity index (χ3n) is 3.08. The van der Waals surface area contributed by atoms with Gasteiger partial charge in [-0.15, -0.1) is 0 Å². The summed E-state index contributed by atoms with van der Waals surface area (Å²) in [5.41, 5.74) is 8.33. The number of nitrogens with two attached hydrogens (primary N) is 1. The van der Waals surface area contributed by atoms with E-state index in [1.807, 2.05) is 42.5 Å². The normalized spacial score (nSPS) is 10.5. The van der Waals surface area contributed by atoms with Crippen LogP contribution in [0.4, 0.5) is 5.88 Å². The average Bonchev–Trinajstić information content (AvgIpc) is 2.93. The lowest BCUT2D eigenvalue weighted by Crippen LogP contribution is -1.95. The summed E-state index contributed by atoms with van der Waals surface area (Å²) in [5, 5.41) is 4.17. The largest absolute Gasteiger partial charge is 0.487 e. The van der Waals surface area contributed by atoms with E-state index in [0.717, 1.165) is 11.1 Å². The van der Waals surface area contributed by atoms with E-state index in [2.05, 4.69) is 5.16 Å².